The van der Waals surface area contributed by atoms with Gasteiger partial charge in [-0.3, -0.25) is 4.79 Å². The third kappa shape index (κ3) is 4.36. The average molecular weight is 345 g/mol. The highest BCUT2D eigenvalue weighted by Crippen LogP contribution is 2.21. The van der Waals surface area contributed by atoms with Gasteiger partial charge < -0.3 is 10.6 Å². The van der Waals surface area contributed by atoms with Crippen LogP contribution in [-0.2, 0) is 11.2 Å². The van der Waals surface area contributed by atoms with Gasteiger partial charge in [0, 0.05) is 16.8 Å². The number of thiazole rings is 1. The molecule has 0 aliphatic carbocycles. The second-order valence-electron chi connectivity index (χ2n) is 5.01. The molecule has 0 bridgehead atoms. The summed E-state index contributed by atoms with van der Waals surface area (Å²) in [5.41, 5.74) is 1.71. The fraction of sp³-hybridized carbons (Fsp3) is 0.0588. The lowest BCUT2D eigenvalue weighted by atomic mass is 10.3. The van der Waals surface area contributed by atoms with Gasteiger partial charge in [0.25, 0.3) is 0 Å². The first kappa shape index (κ1) is 16.1. The van der Waals surface area contributed by atoms with E-state index in [0.717, 1.165) is 0 Å². The summed E-state index contributed by atoms with van der Waals surface area (Å²) < 4.78 is 26.0. The van der Waals surface area contributed by atoms with Gasteiger partial charge in [-0.2, -0.15) is 0 Å². The van der Waals surface area contributed by atoms with E-state index < -0.39 is 5.82 Å². The van der Waals surface area contributed by atoms with Gasteiger partial charge >= 0.3 is 0 Å². The predicted molar refractivity (Wildman–Crippen MR) is 90.5 cm³/mol. The number of hydrogen-bond acceptors (Lipinski definition) is 4. The highest BCUT2D eigenvalue weighted by atomic mass is 32.1. The Balaban J connectivity index is 1.59. The van der Waals surface area contributed by atoms with Crippen LogP contribution in [-0.4, -0.2) is 10.9 Å². The van der Waals surface area contributed by atoms with E-state index in [-0.39, 0.29) is 18.1 Å². The van der Waals surface area contributed by atoms with Crippen molar-refractivity contribution in [1.29, 1.82) is 0 Å². The minimum atomic E-state index is -0.410. The summed E-state index contributed by atoms with van der Waals surface area (Å²) in [7, 11) is 0. The van der Waals surface area contributed by atoms with Crippen LogP contribution in [0.3, 0.4) is 0 Å². The quantitative estimate of drug-likeness (QED) is 0.723. The van der Waals surface area contributed by atoms with Crippen molar-refractivity contribution in [3.05, 3.63) is 71.2 Å². The van der Waals surface area contributed by atoms with Crippen molar-refractivity contribution in [2.45, 2.75) is 6.42 Å². The first-order chi connectivity index (χ1) is 11.6. The van der Waals surface area contributed by atoms with Gasteiger partial charge in [-0.05, 0) is 42.5 Å². The zero-order valence-electron chi connectivity index (χ0n) is 12.4. The van der Waals surface area contributed by atoms with Crippen molar-refractivity contribution in [2.75, 3.05) is 10.6 Å². The molecule has 1 aromatic heterocycles. The molecule has 24 heavy (non-hydrogen) atoms. The largest absolute Gasteiger partial charge is 0.332 e. The molecule has 0 saturated carbocycles. The fourth-order valence-corrected chi connectivity index (χ4v) is 2.77. The van der Waals surface area contributed by atoms with Gasteiger partial charge in [0.1, 0.15) is 11.6 Å². The predicted octanol–water partition coefficient (Wildman–Crippen LogP) is 4.35. The van der Waals surface area contributed by atoms with Gasteiger partial charge in [0.15, 0.2) is 5.13 Å². The van der Waals surface area contributed by atoms with Crippen molar-refractivity contribution in [3.63, 3.8) is 0 Å². The average Bonchev–Trinajstić information content (AvgIpc) is 2.96. The smallest absolute Gasteiger partial charge is 0.230 e. The molecule has 2 aromatic carbocycles. The number of nitrogens with zero attached hydrogens (tertiary/aromatic N) is 1. The van der Waals surface area contributed by atoms with Crippen LogP contribution in [0.4, 0.5) is 25.3 Å². The molecule has 0 aliphatic rings. The van der Waals surface area contributed by atoms with Crippen LogP contribution in [0.25, 0.3) is 0 Å². The molecule has 2 N–H and O–H groups in total. The van der Waals surface area contributed by atoms with E-state index in [1.807, 2.05) is 0 Å². The Kier molecular flexibility index (Phi) is 4.81. The number of halogens is 2. The lowest BCUT2D eigenvalue weighted by molar-refractivity contribution is -0.115. The van der Waals surface area contributed by atoms with E-state index in [1.54, 1.807) is 23.6 Å². The zero-order chi connectivity index (χ0) is 16.9. The summed E-state index contributed by atoms with van der Waals surface area (Å²) in [4.78, 5) is 16.3. The number of carbonyl (C=O) groups is 1. The SMILES string of the molecule is O=C(Cc1csc(Nc2ccc(F)cc2)n1)Nc1cccc(F)c1. The second kappa shape index (κ2) is 7.18. The van der Waals surface area contributed by atoms with Gasteiger partial charge in [0.05, 0.1) is 12.1 Å². The molecule has 0 unspecified atom stereocenters. The van der Waals surface area contributed by atoms with Crippen molar-refractivity contribution < 1.29 is 13.6 Å². The Labute approximate surface area is 141 Å². The van der Waals surface area contributed by atoms with Crippen molar-refractivity contribution >= 4 is 33.8 Å². The monoisotopic (exact) mass is 345 g/mol. The van der Waals surface area contributed by atoms with E-state index in [1.165, 1.54) is 41.7 Å². The number of anilines is 3. The van der Waals surface area contributed by atoms with Crippen LogP contribution in [0.5, 0.6) is 0 Å². The van der Waals surface area contributed by atoms with Crippen LogP contribution in [0, 0.1) is 11.6 Å². The lowest BCUT2D eigenvalue weighted by Gasteiger charge is -2.04. The molecular formula is C17H13F2N3OS. The second-order valence-corrected chi connectivity index (χ2v) is 5.87. The fourth-order valence-electron chi connectivity index (χ4n) is 2.04. The van der Waals surface area contributed by atoms with Gasteiger partial charge in [-0.15, -0.1) is 11.3 Å². The van der Waals surface area contributed by atoms with Crippen LogP contribution < -0.4 is 10.6 Å². The van der Waals surface area contributed by atoms with Gasteiger partial charge in [-0.25, -0.2) is 13.8 Å². The Hall–Kier alpha value is -2.80. The lowest BCUT2D eigenvalue weighted by Crippen LogP contribution is -2.14. The van der Waals surface area contributed by atoms with E-state index in [4.69, 9.17) is 0 Å². The molecule has 0 aliphatic heterocycles. The maximum Gasteiger partial charge on any atom is 0.230 e. The minimum absolute atomic E-state index is 0.0815. The molecule has 0 spiro atoms. The number of nitrogens with one attached hydrogen (secondary N) is 2. The third-order valence-electron chi connectivity index (χ3n) is 3.10. The molecule has 0 fully saturated rings. The normalized spacial score (nSPS) is 10.4. The van der Waals surface area contributed by atoms with E-state index in [9.17, 15) is 13.6 Å². The molecule has 7 heteroatoms. The highest BCUT2D eigenvalue weighted by Gasteiger charge is 2.09. The van der Waals surface area contributed by atoms with Crippen LogP contribution in [0.2, 0.25) is 0 Å². The molecule has 0 radical (unpaired) electrons. The van der Waals surface area contributed by atoms with E-state index in [2.05, 4.69) is 15.6 Å². The summed E-state index contributed by atoms with van der Waals surface area (Å²) in [5.74, 6) is -0.999. The van der Waals surface area contributed by atoms with E-state index >= 15 is 0 Å². The number of rotatable bonds is 5. The number of carbonyl (C=O) groups excluding carboxylic acids is 1. The Morgan fingerprint density at radius 2 is 1.83 bits per heavy atom. The van der Waals surface area contributed by atoms with Crippen LogP contribution in [0.15, 0.2) is 53.9 Å². The molecular weight excluding hydrogens is 332 g/mol. The summed E-state index contributed by atoms with van der Waals surface area (Å²) in [6.45, 7) is 0. The van der Waals surface area contributed by atoms with Crippen molar-refractivity contribution in [2.24, 2.45) is 0 Å². The molecule has 4 nitrogen and oxygen atoms in total. The number of amides is 1. The molecule has 0 saturated heterocycles. The number of benzene rings is 2. The highest BCUT2D eigenvalue weighted by molar-refractivity contribution is 7.13. The van der Waals surface area contributed by atoms with Gasteiger partial charge in [-0.1, -0.05) is 6.07 Å². The summed E-state index contributed by atoms with van der Waals surface area (Å²) >= 11 is 1.34. The third-order valence-corrected chi connectivity index (χ3v) is 3.90. The molecule has 3 aromatic rings. The molecule has 0 atom stereocenters. The summed E-state index contributed by atoms with van der Waals surface area (Å²) in [5, 5.41) is 8.03. The number of hydrogen-bond donors (Lipinski definition) is 2. The van der Waals surface area contributed by atoms with E-state index in [0.29, 0.717) is 22.2 Å². The maximum atomic E-state index is 13.1. The topological polar surface area (TPSA) is 54.0 Å². The molecule has 122 valence electrons. The minimum Gasteiger partial charge on any atom is -0.332 e. The summed E-state index contributed by atoms with van der Waals surface area (Å²) in [6, 6.07) is 11.6. The Bertz CT molecular complexity index is 849. The van der Waals surface area contributed by atoms with Crippen LogP contribution >= 0.6 is 11.3 Å². The molecule has 1 heterocycles. The molecule has 3 rings (SSSR count). The zero-order valence-corrected chi connectivity index (χ0v) is 13.2. The van der Waals surface area contributed by atoms with Crippen molar-refractivity contribution in [1.82, 2.24) is 4.98 Å². The maximum absolute atomic E-state index is 13.1. The molecule has 1 amide bonds. The van der Waals surface area contributed by atoms with Crippen molar-refractivity contribution in [3.8, 4) is 0 Å². The van der Waals surface area contributed by atoms with Gasteiger partial charge in [0.2, 0.25) is 5.91 Å². The van der Waals surface area contributed by atoms with Crippen LogP contribution in [0.1, 0.15) is 5.69 Å². The number of aromatic nitrogens is 1. The Morgan fingerprint density at radius 1 is 1.04 bits per heavy atom. The summed E-state index contributed by atoms with van der Waals surface area (Å²) in [6.07, 6.45) is 0.0815. The standard InChI is InChI=1S/C17H13F2N3OS/c18-11-4-6-13(7-5-11)21-17-22-15(10-24-17)9-16(23)20-14-3-1-2-12(19)8-14/h1-8,10H,9H2,(H,20,23)(H,21,22). The first-order valence-electron chi connectivity index (χ1n) is 7.11. The Morgan fingerprint density at radius 3 is 2.58 bits per heavy atom. The first-order valence-corrected chi connectivity index (χ1v) is 7.99.